The van der Waals surface area contributed by atoms with Crippen LogP contribution in [0.3, 0.4) is 0 Å². The molecule has 4 rings (SSSR count). The second-order valence-electron chi connectivity index (χ2n) is 8.74. The van der Waals surface area contributed by atoms with Gasteiger partial charge >= 0.3 is 0 Å². The number of aromatic nitrogens is 2. The Morgan fingerprint density at radius 2 is 1.62 bits per heavy atom. The normalized spacial score (nSPS) is 10.8. The van der Waals surface area contributed by atoms with Crippen LogP contribution in [0.1, 0.15) is 38.4 Å². The van der Waals surface area contributed by atoms with Crippen molar-refractivity contribution in [3.05, 3.63) is 99.3 Å². The topological polar surface area (TPSA) is 74.6 Å². The van der Waals surface area contributed by atoms with Crippen molar-refractivity contribution in [3.8, 4) is 17.2 Å². The maximum absolute atomic E-state index is 13.0. The third-order valence-electron chi connectivity index (χ3n) is 6.15. The highest BCUT2D eigenvalue weighted by Gasteiger charge is 2.16. The maximum atomic E-state index is 13.0. The molecule has 7 nitrogen and oxygen atoms in total. The van der Waals surface area contributed by atoms with Crippen molar-refractivity contribution in [2.24, 2.45) is 0 Å². The van der Waals surface area contributed by atoms with E-state index in [1.165, 1.54) is 0 Å². The van der Waals surface area contributed by atoms with Crippen LogP contribution in [0.15, 0.2) is 60.7 Å². The lowest BCUT2D eigenvalue weighted by Gasteiger charge is -2.11. The number of nitrogens with one attached hydrogen (secondary N) is 1. The number of halogens is 1. The molecule has 1 aromatic heterocycles. The Morgan fingerprint density at radius 1 is 0.919 bits per heavy atom. The smallest absolute Gasteiger partial charge is 0.255 e. The molecule has 0 saturated carbocycles. The van der Waals surface area contributed by atoms with E-state index in [-0.39, 0.29) is 5.91 Å². The zero-order chi connectivity index (χ0) is 26.5. The minimum Gasteiger partial charge on any atom is -0.493 e. The van der Waals surface area contributed by atoms with Crippen LogP contribution in [0.25, 0.3) is 0 Å². The first-order chi connectivity index (χ1) is 17.8. The van der Waals surface area contributed by atoms with Gasteiger partial charge in [0.05, 0.1) is 37.8 Å². The van der Waals surface area contributed by atoms with E-state index >= 15 is 0 Å². The van der Waals surface area contributed by atoms with Crippen molar-refractivity contribution >= 4 is 23.2 Å². The van der Waals surface area contributed by atoms with Crippen molar-refractivity contribution in [2.75, 3.05) is 19.5 Å². The molecule has 0 aliphatic rings. The van der Waals surface area contributed by atoms with Crippen LogP contribution >= 0.6 is 11.6 Å². The molecule has 8 heteroatoms. The van der Waals surface area contributed by atoms with Crippen LogP contribution in [0.5, 0.6) is 17.2 Å². The number of hydrogen-bond acceptors (Lipinski definition) is 5. The molecule has 37 heavy (non-hydrogen) atoms. The van der Waals surface area contributed by atoms with Gasteiger partial charge in [-0.2, -0.15) is 5.10 Å². The largest absolute Gasteiger partial charge is 0.493 e. The number of aryl methyl sites for hydroxylation is 2. The minimum atomic E-state index is -0.197. The molecule has 1 N–H and O–H groups in total. The van der Waals surface area contributed by atoms with Crippen LogP contribution in [0.2, 0.25) is 5.02 Å². The molecule has 1 amide bonds. The van der Waals surface area contributed by atoms with Crippen molar-refractivity contribution in [1.29, 1.82) is 0 Å². The Morgan fingerprint density at radius 3 is 2.30 bits per heavy atom. The SMILES string of the molecule is COc1ccc(Cn2nc(C)c(NC(=O)c3ccc(COc4ccc(Cl)c(C)c4)cc3)c2C)cc1OC. The number of carbonyl (C=O) groups is 1. The van der Waals surface area contributed by atoms with Gasteiger partial charge in [-0.1, -0.05) is 29.8 Å². The Hall–Kier alpha value is -3.97. The molecule has 0 atom stereocenters. The van der Waals surface area contributed by atoms with E-state index < -0.39 is 0 Å². The number of carbonyl (C=O) groups excluding carboxylic acids is 1. The summed E-state index contributed by atoms with van der Waals surface area (Å²) in [5.74, 6) is 1.88. The van der Waals surface area contributed by atoms with Crippen LogP contribution in [-0.4, -0.2) is 29.9 Å². The Balaban J connectivity index is 1.41. The molecule has 0 spiro atoms. The van der Waals surface area contributed by atoms with E-state index in [1.54, 1.807) is 26.4 Å². The first-order valence-corrected chi connectivity index (χ1v) is 12.2. The van der Waals surface area contributed by atoms with Gasteiger partial charge in [0.15, 0.2) is 11.5 Å². The predicted molar refractivity (Wildman–Crippen MR) is 145 cm³/mol. The summed E-state index contributed by atoms with van der Waals surface area (Å²) in [7, 11) is 3.22. The first kappa shape index (κ1) is 26.1. The Labute approximate surface area is 221 Å². The number of benzene rings is 3. The summed E-state index contributed by atoms with van der Waals surface area (Å²) in [5.41, 5.74) is 5.79. The fourth-order valence-corrected chi connectivity index (χ4v) is 4.11. The molecule has 192 valence electrons. The summed E-state index contributed by atoms with van der Waals surface area (Å²) in [6.07, 6.45) is 0. The van der Waals surface area contributed by atoms with Gasteiger partial charge in [-0.15, -0.1) is 0 Å². The van der Waals surface area contributed by atoms with Crippen molar-refractivity contribution < 1.29 is 19.0 Å². The van der Waals surface area contributed by atoms with E-state index in [9.17, 15) is 4.79 Å². The number of rotatable bonds is 9. The molecule has 3 aromatic carbocycles. The molecule has 0 unspecified atom stereocenters. The molecule has 0 saturated heterocycles. The number of anilines is 1. The maximum Gasteiger partial charge on any atom is 0.255 e. The van der Waals surface area contributed by atoms with Gasteiger partial charge in [0, 0.05) is 10.6 Å². The van der Waals surface area contributed by atoms with Crippen molar-refractivity contribution in [2.45, 2.75) is 33.9 Å². The van der Waals surface area contributed by atoms with E-state index in [0.717, 1.165) is 33.8 Å². The highest BCUT2D eigenvalue weighted by molar-refractivity contribution is 6.31. The third-order valence-corrected chi connectivity index (χ3v) is 6.58. The molecule has 0 radical (unpaired) electrons. The fraction of sp³-hybridized carbons (Fsp3) is 0.241. The van der Waals surface area contributed by atoms with Crippen LogP contribution in [-0.2, 0) is 13.2 Å². The molecule has 1 heterocycles. The summed E-state index contributed by atoms with van der Waals surface area (Å²) in [5, 5.41) is 8.36. The lowest BCUT2D eigenvalue weighted by molar-refractivity contribution is 0.102. The van der Waals surface area contributed by atoms with Gasteiger partial charge in [-0.3, -0.25) is 9.48 Å². The molecule has 0 aliphatic carbocycles. The van der Waals surface area contributed by atoms with E-state index in [1.807, 2.05) is 74.0 Å². The number of amides is 1. The summed E-state index contributed by atoms with van der Waals surface area (Å²) in [4.78, 5) is 13.0. The average Bonchev–Trinajstić information content (AvgIpc) is 3.16. The summed E-state index contributed by atoms with van der Waals surface area (Å²) < 4.78 is 18.4. The van der Waals surface area contributed by atoms with Gasteiger partial charge in [-0.05, 0) is 79.9 Å². The van der Waals surface area contributed by atoms with Gasteiger partial charge < -0.3 is 19.5 Å². The molecule has 0 aliphatic heterocycles. The van der Waals surface area contributed by atoms with Gasteiger partial charge in [-0.25, -0.2) is 0 Å². The van der Waals surface area contributed by atoms with Gasteiger partial charge in [0.2, 0.25) is 0 Å². The quantitative estimate of drug-likeness (QED) is 0.278. The van der Waals surface area contributed by atoms with Crippen LogP contribution in [0.4, 0.5) is 5.69 Å². The van der Waals surface area contributed by atoms with Gasteiger partial charge in [0.1, 0.15) is 12.4 Å². The minimum absolute atomic E-state index is 0.197. The first-order valence-electron chi connectivity index (χ1n) is 11.8. The zero-order valence-corrected chi connectivity index (χ0v) is 22.3. The van der Waals surface area contributed by atoms with E-state index in [4.69, 9.17) is 25.8 Å². The zero-order valence-electron chi connectivity index (χ0n) is 21.6. The highest BCUT2D eigenvalue weighted by atomic mass is 35.5. The summed E-state index contributed by atoms with van der Waals surface area (Å²) >= 11 is 6.07. The third kappa shape index (κ3) is 6.06. The summed E-state index contributed by atoms with van der Waals surface area (Å²) in [6, 6.07) is 18.7. The summed E-state index contributed by atoms with van der Waals surface area (Å²) in [6.45, 7) is 6.68. The van der Waals surface area contributed by atoms with Gasteiger partial charge in [0.25, 0.3) is 5.91 Å². The molecular weight excluding hydrogens is 490 g/mol. The second kappa shape index (κ2) is 11.4. The molecule has 0 bridgehead atoms. The number of ether oxygens (including phenoxy) is 3. The number of methoxy groups -OCH3 is 2. The molecule has 0 fully saturated rings. The second-order valence-corrected chi connectivity index (χ2v) is 9.15. The lowest BCUT2D eigenvalue weighted by Crippen LogP contribution is -2.13. The van der Waals surface area contributed by atoms with E-state index in [2.05, 4.69) is 10.4 Å². The molecular formula is C29H30ClN3O4. The lowest BCUT2D eigenvalue weighted by atomic mass is 10.1. The predicted octanol–water partition coefficient (Wildman–Crippen LogP) is 6.36. The average molecular weight is 520 g/mol. The molecule has 4 aromatic rings. The Kier molecular flexibility index (Phi) is 8.04. The number of hydrogen-bond donors (Lipinski definition) is 1. The van der Waals surface area contributed by atoms with Crippen molar-refractivity contribution in [3.63, 3.8) is 0 Å². The monoisotopic (exact) mass is 519 g/mol. The standard InChI is InChI=1S/C29H30ClN3O4/c1-18-14-24(11-12-25(18)30)37-17-21-6-9-23(10-7-21)29(34)31-28-19(2)32-33(20(28)3)16-22-8-13-26(35-4)27(15-22)36-5/h6-15H,16-17H2,1-5H3,(H,31,34). The Bertz CT molecular complexity index is 1410. The van der Waals surface area contributed by atoms with Crippen molar-refractivity contribution in [1.82, 2.24) is 9.78 Å². The fourth-order valence-electron chi connectivity index (χ4n) is 4.00. The van der Waals surface area contributed by atoms with Crippen LogP contribution < -0.4 is 19.5 Å². The highest BCUT2D eigenvalue weighted by Crippen LogP contribution is 2.29. The number of nitrogens with zero attached hydrogens (tertiary/aromatic N) is 2. The van der Waals surface area contributed by atoms with Crippen LogP contribution in [0, 0.1) is 20.8 Å². The van der Waals surface area contributed by atoms with E-state index in [0.29, 0.717) is 40.9 Å².